The highest BCUT2D eigenvalue weighted by Gasteiger charge is 2.24. The fraction of sp³-hybridized carbons (Fsp3) is 0.467. The highest BCUT2D eigenvalue weighted by Crippen LogP contribution is 2.28. The van der Waals surface area contributed by atoms with Gasteiger partial charge in [0, 0.05) is 0 Å². The summed E-state index contributed by atoms with van der Waals surface area (Å²) in [7, 11) is 1.47. The summed E-state index contributed by atoms with van der Waals surface area (Å²) in [6, 6.07) is 5.28. The first-order chi connectivity index (χ1) is 8.81. The molecule has 1 aromatic rings. The van der Waals surface area contributed by atoms with Crippen LogP contribution in [0.25, 0.3) is 0 Å². The number of benzene rings is 1. The molecule has 0 unspecified atom stereocenters. The molecule has 19 heavy (non-hydrogen) atoms. The van der Waals surface area contributed by atoms with Crippen LogP contribution in [0.2, 0.25) is 0 Å². The second-order valence-corrected chi connectivity index (χ2v) is 5.21. The Labute approximate surface area is 113 Å². The lowest BCUT2D eigenvalue weighted by Crippen LogP contribution is -2.20. The summed E-state index contributed by atoms with van der Waals surface area (Å²) in [5.74, 6) is -1.15. The van der Waals surface area contributed by atoms with Crippen LogP contribution in [0.5, 0.6) is 5.75 Å². The number of rotatable bonds is 4. The standard InChI is InChI=1S/C15H20O4/c1-6-19-14(17)13(16)11-9-10(15(2,3)4)7-8-12(11)18-5/h7-9H,6H2,1-5H3. The average molecular weight is 264 g/mol. The number of ether oxygens (including phenoxy) is 2. The van der Waals surface area contributed by atoms with E-state index < -0.39 is 11.8 Å². The summed E-state index contributed by atoms with van der Waals surface area (Å²) in [6.45, 7) is 7.94. The van der Waals surface area contributed by atoms with E-state index in [2.05, 4.69) is 0 Å². The highest BCUT2D eigenvalue weighted by atomic mass is 16.5. The molecule has 0 heterocycles. The van der Waals surface area contributed by atoms with Gasteiger partial charge in [-0.2, -0.15) is 0 Å². The zero-order chi connectivity index (χ0) is 14.6. The molecule has 0 bridgehead atoms. The van der Waals surface area contributed by atoms with Crippen molar-refractivity contribution in [3.05, 3.63) is 29.3 Å². The molecule has 0 radical (unpaired) electrons. The van der Waals surface area contributed by atoms with Crippen LogP contribution in [0, 0.1) is 0 Å². The second-order valence-electron chi connectivity index (χ2n) is 5.21. The van der Waals surface area contributed by atoms with Gasteiger partial charge >= 0.3 is 5.97 Å². The van der Waals surface area contributed by atoms with Gasteiger partial charge in [-0.1, -0.05) is 26.8 Å². The molecule has 0 N–H and O–H groups in total. The number of ketones is 1. The second kappa shape index (κ2) is 5.87. The molecule has 0 aliphatic heterocycles. The molecule has 0 aromatic heterocycles. The fourth-order valence-corrected chi connectivity index (χ4v) is 1.66. The minimum atomic E-state index is -0.855. The minimum absolute atomic E-state index is 0.115. The van der Waals surface area contributed by atoms with Crippen LogP contribution >= 0.6 is 0 Å². The summed E-state index contributed by atoms with van der Waals surface area (Å²) in [5.41, 5.74) is 1.09. The van der Waals surface area contributed by atoms with E-state index in [-0.39, 0.29) is 17.6 Å². The van der Waals surface area contributed by atoms with Crippen LogP contribution in [0.15, 0.2) is 18.2 Å². The smallest absolute Gasteiger partial charge is 0.379 e. The number of hydrogen-bond acceptors (Lipinski definition) is 4. The molecule has 1 aromatic carbocycles. The molecule has 4 nitrogen and oxygen atoms in total. The molecular formula is C15H20O4. The molecule has 0 saturated heterocycles. The van der Waals surface area contributed by atoms with Crippen molar-refractivity contribution >= 4 is 11.8 Å². The van der Waals surface area contributed by atoms with Crippen molar-refractivity contribution in [2.45, 2.75) is 33.1 Å². The number of esters is 1. The predicted octanol–water partition coefficient (Wildman–Crippen LogP) is 2.74. The van der Waals surface area contributed by atoms with Crippen LogP contribution in [-0.2, 0) is 14.9 Å². The number of carbonyl (C=O) groups is 2. The Kier molecular flexibility index (Phi) is 4.70. The van der Waals surface area contributed by atoms with E-state index in [9.17, 15) is 9.59 Å². The van der Waals surface area contributed by atoms with Crippen molar-refractivity contribution in [3.8, 4) is 5.75 Å². The Hall–Kier alpha value is -1.84. The summed E-state index contributed by atoms with van der Waals surface area (Å²) >= 11 is 0. The van der Waals surface area contributed by atoms with E-state index in [0.717, 1.165) is 5.56 Å². The minimum Gasteiger partial charge on any atom is -0.496 e. The number of hydrogen-bond donors (Lipinski definition) is 0. The van der Waals surface area contributed by atoms with Gasteiger partial charge in [-0.3, -0.25) is 4.79 Å². The van der Waals surface area contributed by atoms with E-state index in [1.807, 2.05) is 26.8 Å². The van der Waals surface area contributed by atoms with Crippen molar-refractivity contribution in [1.29, 1.82) is 0 Å². The lowest BCUT2D eigenvalue weighted by molar-refractivity contribution is -0.137. The summed E-state index contributed by atoms with van der Waals surface area (Å²) < 4.78 is 9.87. The molecule has 0 amide bonds. The molecular weight excluding hydrogens is 244 g/mol. The van der Waals surface area contributed by atoms with E-state index >= 15 is 0 Å². The fourth-order valence-electron chi connectivity index (χ4n) is 1.66. The van der Waals surface area contributed by atoms with Crippen molar-refractivity contribution in [2.24, 2.45) is 0 Å². The predicted molar refractivity (Wildman–Crippen MR) is 72.7 cm³/mol. The maximum absolute atomic E-state index is 12.0. The Morgan fingerprint density at radius 3 is 2.32 bits per heavy atom. The Bertz CT molecular complexity index is 483. The first-order valence-electron chi connectivity index (χ1n) is 6.21. The number of methoxy groups -OCH3 is 1. The van der Waals surface area contributed by atoms with Crippen molar-refractivity contribution in [1.82, 2.24) is 0 Å². The third-order valence-electron chi connectivity index (χ3n) is 2.77. The monoisotopic (exact) mass is 264 g/mol. The van der Waals surface area contributed by atoms with Crippen LogP contribution < -0.4 is 4.74 Å². The first-order valence-corrected chi connectivity index (χ1v) is 6.21. The van der Waals surface area contributed by atoms with E-state index in [1.165, 1.54) is 7.11 Å². The lowest BCUT2D eigenvalue weighted by atomic mass is 9.85. The van der Waals surface area contributed by atoms with Crippen LogP contribution in [0.1, 0.15) is 43.6 Å². The Morgan fingerprint density at radius 2 is 1.84 bits per heavy atom. The Balaban J connectivity index is 3.23. The molecule has 0 aliphatic rings. The van der Waals surface area contributed by atoms with E-state index in [0.29, 0.717) is 5.75 Å². The number of Topliss-reactive ketones (excluding diaryl/α,β-unsaturated/α-hetero) is 1. The third kappa shape index (κ3) is 3.56. The van der Waals surface area contributed by atoms with Crippen molar-refractivity contribution in [2.75, 3.05) is 13.7 Å². The lowest BCUT2D eigenvalue weighted by Gasteiger charge is -2.20. The molecule has 0 atom stereocenters. The van der Waals surface area contributed by atoms with Gasteiger partial charge in [0.25, 0.3) is 5.78 Å². The molecule has 0 fully saturated rings. The molecule has 4 heteroatoms. The Morgan fingerprint density at radius 1 is 1.21 bits per heavy atom. The molecule has 0 spiro atoms. The summed E-state index contributed by atoms with van der Waals surface area (Å²) in [4.78, 5) is 23.6. The van der Waals surface area contributed by atoms with Gasteiger partial charge in [0.05, 0.1) is 19.3 Å². The first kappa shape index (κ1) is 15.2. The van der Waals surface area contributed by atoms with Gasteiger partial charge in [-0.05, 0) is 30.0 Å². The van der Waals surface area contributed by atoms with Gasteiger partial charge in [-0.25, -0.2) is 4.79 Å². The van der Waals surface area contributed by atoms with Crippen LogP contribution in [0.3, 0.4) is 0 Å². The van der Waals surface area contributed by atoms with Gasteiger partial charge in [0.15, 0.2) is 0 Å². The molecule has 1 rings (SSSR count). The summed E-state index contributed by atoms with van der Waals surface area (Å²) in [5, 5.41) is 0. The van der Waals surface area contributed by atoms with Gasteiger partial charge in [-0.15, -0.1) is 0 Å². The van der Waals surface area contributed by atoms with Gasteiger partial charge in [0.1, 0.15) is 5.75 Å². The highest BCUT2D eigenvalue weighted by molar-refractivity contribution is 6.41. The SMILES string of the molecule is CCOC(=O)C(=O)c1cc(C(C)(C)C)ccc1OC. The molecule has 104 valence electrons. The number of carbonyl (C=O) groups excluding carboxylic acids is 2. The zero-order valence-electron chi connectivity index (χ0n) is 12.1. The van der Waals surface area contributed by atoms with Gasteiger partial charge < -0.3 is 9.47 Å². The molecule has 0 saturated carbocycles. The van der Waals surface area contributed by atoms with E-state index in [4.69, 9.17) is 9.47 Å². The molecule has 0 aliphatic carbocycles. The van der Waals surface area contributed by atoms with Crippen LogP contribution in [-0.4, -0.2) is 25.5 Å². The van der Waals surface area contributed by atoms with Crippen LogP contribution in [0.4, 0.5) is 0 Å². The van der Waals surface area contributed by atoms with Crippen molar-refractivity contribution in [3.63, 3.8) is 0 Å². The van der Waals surface area contributed by atoms with Crippen molar-refractivity contribution < 1.29 is 19.1 Å². The normalized spacial score (nSPS) is 11.0. The maximum Gasteiger partial charge on any atom is 0.379 e. The zero-order valence-corrected chi connectivity index (χ0v) is 12.1. The average Bonchev–Trinajstić information content (AvgIpc) is 2.36. The van der Waals surface area contributed by atoms with E-state index in [1.54, 1.807) is 19.1 Å². The quantitative estimate of drug-likeness (QED) is 0.476. The topological polar surface area (TPSA) is 52.6 Å². The third-order valence-corrected chi connectivity index (χ3v) is 2.77. The maximum atomic E-state index is 12.0. The summed E-state index contributed by atoms with van der Waals surface area (Å²) in [6.07, 6.45) is 0. The largest absolute Gasteiger partial charge is 0.496 e. The van der Waals surface area contributed by atoms with Gasteiger partial charge in [0.2, 0.25) is 0 Å².